The van der Waals surface area contributed by atoms with Gasteiger partial charge in [-0.05, 0) is 43.2 Å². The zero-order valence-electron chi connectivity index (χ0n) is 10.9. The number of nitrogens with one attached hydrogen (secondary N) is 1. The van der Waals surface area contributed by atoms with Gasteiger partial charge >= 0.3 is 0 Å². The van der Waals surface area contributed by atoms with E-state index >= 15 is 0 Å². The van der Waals surface area contributed by atoms with E-state index in [4.69, 9.17) is 5.73 Å². The van der Waals surface area contributed by atoms with Crippen molar-refractivity contribution in [2.45, 2.75) is 13.8 Å². The average molecular weight is 256 g/mol. The number of para-hydroxylation sites is 1. The first kappa shape index (κ1) is 13.0. The molecule has 4 nitrogen and oxygen atoms in total. The lowest BCUT2D eigenvalue weighted by atomic mass is 10.1. The van der Waals surface area contributed by atoms with Gasteiger partial charge in [0.05, 0.1) is 5.56 Å². The number of phenols is 1. The van der Waals surface area contributed by atoms with Crippen LogP contribution in [-0.4, -0.2) is 11.0 Å². The SMILES string of the molecule is Cc1ccc(NC(=O)c2cccc(C)c2O)cc1N. The first-order valence-corrected chi connectivity index (χ1v) is 5.95. The van der Waals surface area contributed by atoms with Crippen LogP contribution in [0, 0.1) is 13.8 Å². The third-order valence-corrected chi connectivity index (χ3v) is 3.02. The molecule has 0 aliphatic carbocycles. The van der Waals surface area contributed by atoms with E-state index in [1.54, 1.807) is 37.3 Å². The van der Waals surface area contributed by atoms with Gasteiger partial charge < -0.3 is 16.2 Å². The summed E-state index contributed by atoms with van der Waals surface area (Å²) in [6.45, 7) is 3.64. The molecule has 0 unspecified atom stereocenters. The van der Waals surface area contributed by atoms with E-state index < -0.39 is 0 Å². The molecule has 0 aromatic heterocycles. The molecule has 19 heavy (non-hydrogen) atoms. The van der Waals surface area contributed by atoms with Gasteiger partial charge in [-0.15, -0.1) is 0 Å². The number of aromatic hydroxyl groups is 1. The van der Waals surface area contributed by atoms with Crippen molar-refractivity contribution in [2.75, 3.05) is 11.1 Å². The number of aryl methyl sites for hydroxylation is 2. The molecular weight excluding hydrogens is 240 g/mol. The smallest absolute Gasteiger partial charge is 0.259 e. The third-order valence-electron chi connectivity index (χ3n) is 3.02. The number of anilines is 2. The lowest BCUT2D eigenvalue weighted by molar-refractivity contribution is 0.102. The van der Waals surface area contributed by atoms with E-state index in [-0.39, 0.29) is 17.2 Å². The van der Waals surface area contributed by atoms with Crippen LogP contribution in [0.3, 0.4) is 0 Å². The fraction of sp³-hybridized carbons (Fsp3) is 0.133. The first-order chi connectivity index (χ1) is 8.99. The van der Waals surface area contributed by atoms with Crippen molar-refractivity contribution in [3.05, 3.63) is 53.1 Å². The number of carbonyl (C=O) groups is 1. The summed E-state index contributed by atoms with van der Waals surface area (Å²) in [6, 6.07) is 10.4. The van der Waals surface area contributed by atoms with Gasteiger partial charge in [-0.2, -0.15) is 0 Å². The predicted octanol–water partition coefficient (Wildman–Crippen LogP) is 2.84. The Morgan fingerprint density at radius 2 is 1.89 bits per heavy atom. The molecule has 4 heteroatoms. The second kappa shape index (κ2) is 5.02. The minimum atomic E-state index is -0.357. The Kier molecular flexibility index (Phi) is 3.42. The summed E-state index contributed by atoms with van der Waals surface area (Å²) in [6.07, 6.45) is 0. The van der Waals surface area contributed by atoms with Gasteiger partial charge in [-0.3, -0.25) is 4.79 Å². The summed E-state index contributed by atoms with van der Waals surface area (Å²) in [7, 11) is 0. The topological polar surface area (TPSA) is 75.3 Å². The van der Waals surface area contributed by atoms with Gasteiger partial charge in [0.15, 0.2) is 0 Å². The number of phenolic OH excluding ortho intramolecular Hbond substituents is 1. The Bertz CT molecular complexity index is 636. The van der Waals surface area contributed by atoms with Crippen molar-refractivity contribution in [1.29, 1.82) is 0 Å². The van der Waals surface area contributed by atoms with Crippen molar-refractivity contribution in [2.24, 2.45) is 0 Å². The Hall–Kier alpha value is -2.49. The van der Waals surface area contributed by atoms with Gasteiger partial charge in [0.25, 0.3) is 5.91 Å². The Morgan fingerprint density at radius 1 is 1.16 bits per heavy atom. The van der Waals surface area contributed by atoms with Crippen LogP contribution >= 0.6 is 0 Å². The number of carbonyl (C=O) groups excluding carboxylic acids is 1. The van der Waals surface area contributed by atoms with E-state index in [9.17, 15) is 9.90 Å². The maximum absolute atomic E-state index is 12.1. The molecule has 0 aliphatic rings. The molecule has 4 N–H and O–H groups in total. The van der Waals surface area contributed by atoms with Gasteiger partial charge in [0.1, 0.15) is 5.75 Å². The van der Waals surface area contributed by atoms with Crippen LogP contribution in [0.1, 0.15) is 21.5 Å². The van der Waals surface area contributed by atoms with Crippen molar-refractivity contribution in [3.63, 3.8) is 0 Å². The Morgan fingerprint density at radius 3 is 2.58 bits per heavy atom. The van der Waals surface area contributed by atoms with Gasteiger partial charge in [-0.1, -0.05) is 18.2 Å². The van der Waals surface area contributed by atoms with Crippen LogP contribution in [0.25, 0.3) is 0 Å². The number of hydrogen-bond acceptors (Lipinski definition) is 3. The summed E-state index contributed by atoms with van der Waals surface area (Å²) in [4.78, 5) is 12.1. The summed E-state index contributed by atoms with van der Waals surface area (Å²) < 4.78 is 0. The molecule has 0 spiro atoms. The molecule has 0 saturated heterocycles. The zero-order valence-corrected chi connectivity index (χ0v) is 10.9. The number of hydrogen-bond donors (Lipinski definition) is 3. The first-order valence-electron chi connectivity index (χ1n) is 5.95. The molecule has 0 aliphatic heterocycles. The van der Waals surface area contributed by atoms with E-state index in [0.717, 1.165) is 5.56 Å². The molecule has 2 aromatic rings. The summed E-state index contributed by atoms with van der Waals surface area (Å²) in [5.74, 6) is -0.357. The van der Waals surface area contributed by atoms with Gasteiger partial charge in [-0.25, -0.2) is 0 Å². The normalized spacial score (nSPS) is 10.2. The van der Waals surface area contributed by atoms with Crippen molar-refractivity contribution in [3.8, 4) is 5.75 Å². The molecule has 2 aromatic carbocycles. The highest BCUT2D eigenvalue weighted by Gasteiger charge is 2.12. The van der Waals surface area contributed by atoms with Crippen molar-refractivity contribution < 1.29 is 9.90 Å². The lowest BCUT2D eigenvalue weighted by Gasteiger charge is -2.09. The zero-order chi connectivity index (χ0) is 14.0. The molecule has 0 saturated carbocycles. The number of nitrogen functional groups attached to an aromatic ring is 1. The highest BCUT2D eigenvalue weighted by molar-refractivity contribution is 6.06. The second-order valence-electron chi connectivity index (χ2n) is 4.50. The van der Waals surface area contributed by atoms with Crippen LogP contribution in [0.5, 0.6) is 5.75 Å². The largest absolute Gasteiger partial charge is 0.507 e. The van der Waals surface area contributed by atoms with Crippen molar-refractivity contribution in [1.82, 2.24) is 0 Å². The van der Waals surface area contributed by atoms with Gasteiger partial charge in [0, 0.05) is 11.4 Å². The molecule has 0 radical (unpaired) electrons. The quantitative estimate of drug-likeness (QED) is 0.723. The number of rotatable bonds is 2. The number of nitrogens with two attached hydrogens (primary N) is 1. The predicted molar refractivity (Wildman–Crippen MR) is 76.4 cm³/mol. The minimum absolute atomic E-state index is 0.0000774. The summed E-state index contributed by atoms with van der Waals surface area (Å²) in [5.41, 5.74) is 8.88. The lowest BCUT2D eigenvalue weighted by Crippen LogP contribution is -2.12. The molecule has 98 valence electrons. The van der Waals surface area contributed by atoms with E-state index in [1.165, 1.54) is 0 Å². The number of amides is 1. The number of benzene rings is 2. The van der Waals surface area contributed by atoms with Crippen LogP contribution in [0.2, 0.25) is 0 Å². The minimum Gasteiger partial charge on any atom is -0.507 e. The fourth-order valence-corrected chi connectivity index (χ4v) is 1.76. The third kappa shape index (κ3) is 2.68. The van der Waals surface area contributed by atoms with Gasteiger partial charge in [0.2, 0.25) is 0 Å². The molecule has 2 rings (SSSR count). The van der Waals surface area contributed by atoms with Crippen LogP contribution < -0.4 is 11.1 Å². The summed E-state index contributed by atoms with van der Waals surface area (Å²) in [5, 5.41) is 12.6. The van der Waals surface area contributed by atoms with E-state index in [2.05, 4.69) is 5.32 Å². The molecule has 1 amide bonds. The molecule has 0 heterocycles. The molecule has 0 atom stereocenters. The van der Waals surface area contributed by atoms with E-state index in [0.29, 0.717) is 16.9 Å². The Labute approximate surface area is 111 Å². The van der Waals surface area contributed by atoms with Crippen molar-refractivity contribution >= 4 is 17.3 Å². The monoisotopic (exact) mass is 256 g/mol. The summed E-state index contributed by atoms with van der Waals surface area (Å²) >= 11 is 0. The average Bonchev–Trinajstić information content (AvgIpc) is 2.37. The van der Waals surface area contributed by atoms with Crippen LogP contribution in [0.4, 0.5) is 11.4 Å². The molecule has 0 bridgehead atoms. The van der Waals surface area contributed by atoms with Crippen LogP contribution in [-0.2, 0) is 0 Å². The molecular formula is C15H16N2O2. The second-order valence-corrected chi connectivity index (χ2v) is 4.50. The van der Waals surface area contributed by atoms with Crippen LogP contribution in [0.15, 0.2) is 36.4 Å². The Balaban J connectivity index is 2.26. The highest BCUT2D eigenvalue weighted by atomic mass is 16.3. The maximum Gasteiger partial charge on any atom is 0.259 e. The maximum atomic E-state index is 12.1. The van der Waals surface area contributed by atoms with E-state index in [1.807, 2.05) is 13.0 Å². The molecule has 0 fully saturated rings. The standard InChI is InChI=1S/C15H16N2O2/c1-9-6-7-11(8-13(9)16)17-15(19)12-5-3-4-10(2)14(12)18/h3-8,18H,16H2,1-2H3,(H,17,19). The fourth-order valence-electron chi connectivity index (χ4n) is 1.76. The highest BCUT2D eigenvalue weighted by Crippen LogP contribution is 2.23.